The standard InChI is InChI=1S/C24H29BrN2O5/c1-13-19(23(30)27-5-7-32-8-6-27)20(14-9-15(25)22(29)18(10-14)31-4)21-16(26-13)11-24(2,3)12-17(21)28/h9-10,20,26,29H,5-8,11-12H2,1-4H3/t20-/m1/s1. The molecule has 1 atom stereocenters. The van der Waals surface area contributed by atoms with Crippen molar-refractivity contribution in [1.82, 2.24) is 10.2 Å². The first-order valence-electron chi connectivity index (χ1n) is 10.8. The normalized spacial score (nSPS) is 23.1. The van der Waals surface area contributed by atoms with E-state index in [2.05, 4.69) is 35.1 Å². The molecule has 7 nitrogen and oxygen atoms in total. The van der Waals surface area contributed by atoms with Crippen molar-refractivity contribution < 1.29 is 24.2 Å². The van der Waals surface area contributed by atoms with Crippen molar-refractivity contribution in [2.24, 2.45) is 5.41 Å². The molecule has 8 heteroatoms. The van der Waals surface area contributed by atoms with Crippen LogP contribution in [0.2, 0.25) is 0 Å². The number of hydrogen-bond acceptors (Lipinski definition) is 6. The highest BCUT2D eigenvalue weighted by Gasteiger charge is 2.44. The van der Waals surface area contributed by atoms with Gasteiger partial charge in [-0.3, -0.25) is 9.59 Å². The smallest absolute Gasteiger partial charge is 0.252 e. The van der Waals surface area contributed by atoms with Gasteiger partial charge in [0.15, 0.2) is 17.3 Å². The van der Waals surface area contributed by atoms with Crippen LogP contribution in [0.1, 0.15) is 45.1 Å². The topological polar surface area (TPSA) is 88.1 Å². The summed E-state index contributed by atoms with van der Waals surface area (Å²) in [7, 11) is 1.48. The van der Waals surface area contributed by atoms with Gasteiger partial charge in [0.25, 0.3) is 5.91 Å². The monoisotopic (exact) mass is 504 g/mol. The molecule has 1 aromatic carbocycles. The summed E-state index contributed by atoms with van der Waals surface area (Å²) in [5.41, 5.74) is 3.37. The summed E-state index contributed by atoms with van der Waals surface area (Å²) in [5, 5.41) is 13.7. The quantitative estimate of drug-likeness (QED) is 0.653. The van der Waals surface area contributed by atoms with E-state index in [4.69, 9.17) is 9.47 Å². The van der Waals surface area contributed by atoms with Crippen LogP contribution in [0.25, 0.3) is 0 Å². The first-order valence-corrected chi connectivity index (χ1v) is 11.6. The fourth-order valence-electron chi connectivity index (χ4n) is 4.91. The predicted molar refractivity (Wildman–Crippen MR) is 123 cm³/mol. The molecule has 0 spiro atoms. The average molecular weight is 505 g/mol. The van der Waals surface area contributed by atoms with Gasteiger partial charge < -0.3 is 24.8 Å². The molecule has 3 aliphatic rings. The minimum absolute atomic E-state index is 0.0164. The second-order valence-electron chi connectivity index (χ2n) is 9.39. The van der Waals surface area contributed by atoms with E-state index in [9.17, 15) is 14.7 Å². The Balaban J connectivity index is 1.89. The maximum atomic E-state index is 13.7. The second kappa shape index (κ2) is 8.56. The number of carbonyl (C=O) groups excluding carboxylic acids is 2. The maximum Gasteiger partial charge on any atom is 0.252 e. The van der Waals surface area contributed by atoms with Crippen molar-refractivity contribution in [3.05, 3.63) is 44.7 Å². The Morgan fingerprint density at radius 2 is 1.97 bits per heavy atom. The van der Waals surface area contributed by atoms with Crippen LogP contribution in [-0.4, -0.2) is 55.1 Å². The number of phenols is 1. The lowest BCUT2D eigenvalue weighted by Crippen LogP contribution is -2.45. The van der Waals surface area contributed by atoms with Crippen molar-refractivity contribution in [3.63, 3.8) is 0 Å². The van der Waals surface area contributed by atoms with Crippen molar-refractivity contribution >= 4 is 27.6 Å². The van der Waals surface area contributed by atoms with Gasteiger partial charge in [0, 0.05) is 48.0 Å². The predicted octanol–water partition coefficient (Wildman–Crippen LogP) is 3.63. The number of benzene rings is 1. The fourth-order valence-corrected chi connectivity index (χ4v) is 5.37. The number of hydrogen-bond donors (Lipinski definition) is 2. The number of phenolic OH excluding ortho intramolecular Hbond substituents is 1. The first-order chi connectivity index (χ1) is 15.1. The number of rotatable bonds is 3. The number of Topliss-reactive ketones (excluding diaryl/α,β-unsaturated/α-hetero) is 1. The van der Waals surface area contributed by atoms with Gasteiger partial charge in [-0.25, -0.2) is 0 Å². The van der Waals surface area contributed by atoms with Gasteiger partial charge in [0.2, 0.25) is 0 Å². The van der Waals surface area contributed by atoms with Crippen molar-refractivity contribution in [2.45, 2.75) is 39.5 Å². The number of halogens is 1. The zero-order chi connectivity index (χ0) is 23.2. The second-order valence-corrected chi connectivity index (χ2v) is 10.2. The highest BCUT2D eigenvalue weighted by atomic mass is 79.9. The number of nitrogens with zero attached hydrogens (tertiary/aromatic N) is 1. The molecule has 0 saturated carbocycles. The van der Waals surface area contributed by atoms with Gasteiger partial charge in [-0.15, -0.1) is 0 Å². The van der Waals surface area contributed by atoms with E-state index in [1.165, 1.54) is 7.11 Å². The number of nitrogens with one attached hydrogen (secondary N) is 1. The summed E-state index contributed by atoms with van der Waals surface area (Å²) in [6.07, 6.45) is 1.13. The van der Waals surface area contributed by atoms with E-state index in [1.807, 2.05) is 6.92 Å². The largest absolute Gasteiger partial charge is 0.503 e. The first kappa shape index (κ1) is 22.9. The third kappa shape index (κ3) is 4.06. The fraction of sp³-hybridized carbons (Fsp3) is 0.500. The lowest BCUT2D eigenvalue weighted by atomic mass is 9.68. The van der Waals surface area contributed by atoms with E-state index in [-0.39, 0.29) is 28.6 Å². The number of aromatic hydroxyl groups is 1. The zero-order valence-electron chi connectivity index (χ0n) is 18.9. The average Bonchev–Trinajstić information content (AvgIpc) is 2.74. The van der Waals surface area contributed by atoms with Gasteiger partial charge in [-0.05, 0) is 52.4 Å². The lowest BCUT2D eigenvalue weighted by molar-refractivity contribution is -0.131. The number of methoxy groups -OCH3 is 1. The van der Waals surface area contributed by atoms with Crippen LogP contribution < -0.4 is 10.1 Å². The van der Waals surface area contributed by atoms with E-state index < -0.39 is 5.92 Å². The molecule has 1 fully saturated rings. The van der Waals surface area contributed by atoms with E-state index in [0.717, 1.165) is 23.4 Å². The molecule has 1 aromatic rings. The van der Waals surface area contributed by atoms with Crippen LogP contribution in [0.15, 0.2) is 39.1 Å². The number of ketones is 1. The highest BCUT2D eigenvalue weighted by molar-refractivity contribution is 9.10. The van der Waals surface area contributed by atoms with Gasteiger partial charge >= 0.3 is 0 Å². The van der Waals surface area contributed by atoms with Crippen LogP contribution in [0.3, 0.4) is 0 Å². The van der Waals surface area contributed by atoms with E-state index in [1.54, 1.807) is 17.0 Å². The molecule has 0 radical (unpaired) electrons. The Morgan fingerprint density at radius 3 is 2.62 bits per heavy atom. The van der Waals surface area contributed by atoms with Crippen molar-refractivity contribution in [1.29, 1.82) is 0 Å². The molecule has 2 aliphatic heterocycles. The minimum Gasteiger partial charge on any atom is -0.503 e. The number of dihydropyridines is 1. The molecule has 0 unspecified atom stereocenters. The maximum absolute atomic E-state index is 13.7. The van der Waals surface area contributed by atoms with E-state index in [0.29, 0.717) is 48.3 Å². The van der Waals surface area contributed by atoms with E-state index >= 15 is 0 Å². The summed E-state index contributed by atoms with van der Waals surface area (Å²) in [6, 6.07) is 3.49. The summed E-state index contributed by atoms with van der Waals surface area (Å²) in [4.78, 5) is 28.9. The summed E-state index contributed by atoms with van der Waals surface area (Å²) < 4.78 is 11.2. The third-order valence-corrected chi connectivity index (χ3v) is 6.98. The van der Waals surface area contributed by atoms with Gasteiger partial charge in [-0.1, -0.05) is 13.8 Å². The van der Waals surface area contributed by atoms with Gasteiger partial charge in [0.1, 0.15) is 0 Å². The number of morpholine rings is 1. The molecule has 1 amide bonds. The molecular weight excluding hydrogens is 476 g/mol. The SMILES string of the molecule is COc1cc([C@@H]2C(C(=O)N3CCOCC3)=C(C)NC3=C2C(=O)CC(C)(C)C3)cc(Br)c1O. The summed E-state index contributed by atoms with van der Waals surface area (Å²) >= 11 is 3.40. The molecule has 2 N–H and O–H groups in total. The molecule has 172 valence electrons. The lowest BCUT2D eigenvalue weighted by Gasteiger charge is -2.41. The molecule has 1 aliphatic carbocycles. The Morgan fingerprint density at radius 1 is 1.28 bits per heavy atom. The summed E-state index contributed by atoms with van der Waals surface area (Å²) in [6.45, 7) is 8.07. The Labute approximate surface area is 196 Å². The van der Waals surface area contributed by atoms with Crippen molar-refractivity contribution in [3.8, 4) is 11.5 Å². The molecule has 0 bridgehead atoms. The minimum atomic E-state index is -0.545. The van der Waals surface area contributed by atoms with Gasteiger partial charge in [0.05, 0.1) is 24.8 Å². The van der Waals surface area contributed by atoms with Crippen LogP contribution in [0, 0.1) is 5.41 Å². The van der Waals surface area contributed by atoms with Crippen LogP contribution in [0.4, 0.5) is 0 Å². The molecule has 4 rings (SSSR count). The Bertz CT molecular complexity index is 1040. The molecule has 32 heavy (non-hydrogen) atoms. The van der Waals surface area contributed by atoms with Crippen LogP contribution in [0.5, 0.6) is 11.5 Å². The number of ether oxygens (including phenoxy) is 2. The zero-order valence-corrected chi connectivity index (χ0v) is 20.5. The highest BCUT2D eigenvalue weighted by Crippen LogP contribution is 2.49. The Hall–Kier alpha value is -2.32. The Kier molecular flexibility index (Phi) is 6.11. The molecule has 2 heterocycles. The molecule has 1 saturated heterocycles. The molecular formula is C24H29BrN2O5. The third-order valence-electron chi connectivity index (χ3n) is 6.37. The summed E-state index contributed by atoms with van der Waals surface area (Å²) in [5.74, 6) is -0.338. The van der Waals surface area contributed by atoms with Crippen molar-refractivity contribution in [2.75, 3.05) is 33.4 Å². The number of amides is 1. The number of allylic oxidation sites excluding steroid dienone is 3. The van der Waals surface area contributed by atoms with Crippen LogP contribution in [-0.2, 0) is 14.3 Å². The molecule has 0 aromatic heterocycles. The van der Waals surface area contributed by atoms with Gasteiger partial charge in [-0.2, -0.15) is 0 Å². The number of carbonyl (C=O) groups is 2. The van der Waals surface area contributed by atoms with Crippen LogP contribution >= 0.6 is 15.9 Å².